The number of aromatic carboxylic acids is 1. The Morgan fingerprint density at radius 3 is 2.95 bits per heavy atom. The summed E-state index contributed by atoms with van der Waals surface area (Å²) < 4.78 is 0. The van der Waals surface area contributed by atoms with Crippen molar-refractivity contribution in [2.24, 2.45) is 0 Å². The van der Waals surface area contributed by atoms with E-state index in [1.54, 1.807) is 0 Å². The van der Waals surface area contributed by atoms with Crippen molar-refractivity contribution < 1.29 is 9.90 Å². The molecule has 2 aliphatic heterocycles. The summed E-state index contributed by atoms with van der Waals surface area (Å²) in [7, 11) is 0. The van der Waals surface area contributed by atoms with Crippen LogP contribution in [0, 0.1) is 13.8 Å². The van der Waals surface area contributed by atoms with E-state index in [0.717, 1.165) is 30.6 Å². The molecule has 5 nitrogen and oxygen atoms in total. The Hall–Kier alpha value is -1.62. The van der Waals surface area contributed by atoms with Gasteiger partial charge in [-0.05, 0) is 57.7 Å². The summed E-state index contributed by atoms with van der Waals surface area (Å²) in [6, 6.07) is 2.82. The SMILES string of the molecule is Cc1cc(C)c(C(=O)O)c(NC2CCN3CCCC3C2)n1. The van der Waals surface area contributed by atoms with Crippen LogP contribution >= 0.6 is 0 Å². The highest BCUT2D eigenvalue weighted by Gasteiger charge is 2.32. The van der Waals surface area contributed by atoms with Gasteiger partial charge in [0.25, 0.3) is 0 Å². The fourth-order valence-electron chi connectivity index (χ4n) is 3.76. The third-order valence-corrected chi connectivity index (χ3v) is 4.72. The third kappa shape index (κ3) is 2.88. The second-order valence-electron chi connectivity index (χ2n) is 6.31. The lowest BCUT2D eigenvalue weighted by molar-refractivity contribution is 0.0696. The monoisotopic (exact) mass is 289 g/mol. The topological polar surface area (TPSA) is 65.5 Å². The van der Waals surface area contributed by atoms with E-state index in [4.69, 9.17) is 0 Å². The molecule has 0 radical (unpaired) electrons. The number of carboxylic acids is 1. The molecule has 1 aromatic heterocycles. The minimum atomic E-state index is -0.902. The molecule has 0 aliphatic carbocycles. The Morgan fingerprint density at radius 2 is 2.19 bits per heavy atom. The third-order valence-electron chi connectivity index (χ3n) is 4.72. The van der Waals surface area contributed by atoms with E-state index >= 15 is 0 Å². The van der Waals surface area contributed by atoms with Gasteiger partial charge in [-0.2, -0.15) is 0 Å². The quantitative estimate of drug-likeness (QED) is 0.894. The van der Waals surface area contributed by atoms with Gasteiger partial charge in [-0.25, -0.2) is 9.78 Å². The molecule has 0 saturated carbocycles. The number of hydrogen-bond donors (Lipinski definition) is 2. The number of rotatable bonds is 3. The van der Waals surface area contributed by atoms with Crippen LogP contribution < -0.4 is 5.32 Å². The highest BCUT2D eigenvalue weighted by atomic mass is 16.4. The zero-order valence-corrected chi connectivity index (χ0v) is 12.7. The zero-order chi connectivity index (χ0) is 15.0. The van der Waals surface area contributed by atoms with E-state index in [1.165, 1.54) is 19.4 Å². The Kier molecular flexibility index (Phi) is 3.85. The molecule has 0 amide bonds. The molecule has 5 heteroatoms. The molecule has 3 rings (SSSR count). The minimum absolute atomic E-state index is 0.314. The van der Waals surface area contributed by atoms with Gasteiger partial charge >= 0.3 is 5.97 Å². The number of anilines is 1. The van der Waals surface area contributed by atoms with E-state index in [1.807, 2.05) is 19.9 Å². The average molecular weight is 289 g/mol. The Labute approximate surface area is 125 Å². The van der Waals surface area contributed by atoms with Gasteiger partial charge in [-0.1, -0.05) is 0 Å². The van der Waals surface area contributed by atoms with Crippen molar-refractivity contribution in [2.45, 2.75) is 51.6 Å². The average Bonchev–Trinajstić information content (AvgIpc) is 2.84. The lowest BCUT2D eigenvalue weighted by atomic mass is 9.97. The standard InChI is InChI=1S/C16H23N3O2/c1-10-8-11(2)17-15(14(10)16(20)21)18-12-5-7-19-6-3-4-13(19)9-12/h8,12-13H,3-7,9H2,1-2H3,(H,17,18)(H,20,21). The first-order valence-electron chi connectivity index (χ1n) is 7.76. The number of aryl methyl sites for hydroxylation is 2. The molecule has 2 N–H and O–H groups in total. The van der Waals surface area contributed by atoms with Crippen LogP contribution in [0.15, 0.2) is 6.07 Å². The molecular weight excluding hydrogens is 266 g/mol. The van der Waals surface area contributed by atoms with Gasteiger partial charge < -0.3 is 15.3 Å². The van der Waals surface area contributed by atoms with Crippen LogP contribution in [0.25, 0.3) is 0 Å². The molecule has 2 saturated heterocycles. The van der Waals surface area contributed by atoms with E-state index in [-0.39, 0.29) is 0 Å². The number of pyridine rings is 1. The summed E-state index contributed by atoms with van der Waals surface area (Å²) in [5.74, 6) is -0.364. The maximum atomic E-state index is 11.5. The summed E-state index contributed by atoms with van der Waals surface area (Å²) >= 11 is 0. The normalized spacial score (nSPS) is 25.6. The molecule has 0 spiro atoms. The molecule has 1 aromatic rings. The van der Waals surface area contributed by atoms with Crippen molar-refractivity contribution in [2.75, 3.05) is 18.4 Å². The second-order valence-corrected chi connectivity index (χ2v) is 6.31. The van der Waals surface area contributed by atoms with Gasteiger partial charge in [-0.15, -0.1) is 0 Å². The first-order valence-corrected chi connectivity index (χ1v) is 7.76. The fourth-order valence-corrected chi connectivity index (χ4v) is 3.76. The van der Waals surface area contributed by atoms with Gasteiger partial charge in [-0.3, -0.25) is 0 Å². The number of piperidine rings is 1. The van der Waals surface area contributed by atoms with E-state index in [9.17, 15) is 9.90 Å². The van der Waals surface area contributed by atoms with Crippen LogP contribution in [-0.2, 0) is 0 Å². The minimum Gasteiger partial charge on any atom is -0.478 e. The van der Waals surface area contributed by atoms with Gasteiger partial charge in [0.1, 0.15) is 11.4 Å². The molecular formula is C16H23N3O2. The van der Waals surface area contributed by atoms with Crippen molar-refractivity contribution in [3.8, 4) is 0 Å². The Balaban J connectivity index is 1.79. The molecule has 21 heavy (non-hydrogen) atoms. The molecule has 0 bridgehead atoms. The Morgan fingerprint density at radius 1 is 1.38 bits per heavy atom. The van der Waals surface area contributed by atoms with Crippen LogP contribution in [0.4, 0.5) is 5.82 Å². The predicted octanol–water partition coefficient (Wildman–Crippen LogP) is 2.44. The molecule has 2 unspecified atom stereocenters. The van der Waals surface area contributed by atoms with Gasteiger partial charge in [0.05, 0.1) is 0 Å². The van der Waals surface area contributed by atoms with Crippen LogP contribution in [-0.4, -0.2) is 46.1 Å². The summed E-state index contributed by atoms with van der Waals surface area (Å²) in [6.45, 7) is 6.07. The Bertz CT molecular complexity index is 559. The molecule has 3 heterocycles. The summed E-state index contributed by atoms with van der Waals surface area (Å²) in [5, 5.41) is 12.8. The number of carboxylic acid groups (broad SMARTS) is 1. The first kappa shape index (κ1) is 14.3. The fraction of sp³-hybridized carbons (Fsp3) is 0.625. The summed E-state index contributed by atoms with van der Waals surface area (Å²) in [6.07, 6.45) is 4.71. The van der Waals surface area contributed by atoms with Crippen molar-refractivity contribution >= 4 is 11.8 Å². The lowest BCUT2D eigenvalue weighted by Gasteiger charge is -2.35. The second kappa shape index (κ2) is 5.64. The number of aromatic nitrogens is 1. The van der Waals surface area contributed by atoms with E-state index in [2.05, 4.69) is 15.2 Å². The van der Waals surface area contributed by atoms with Crippen LogP contribution in [0.5, 0.6) is 0 Å². The molecule has 2 atom stereocenters. The number of carbonyl (C=O) groups is 1. The summed E-state index contributed by atoms with van der Waals surface area (Å²) in [5.41, 5.74) is 1.95. The van der Waals surface area contributed by atoms with Gasteiger partial charge in [0.15, 0.2) is 0 Å². The number of nitrogens with one attached hydrogen (secondary N) is 1. The zero-order valence-electron chi connectivity index (χ0n) is 12.7. The lowest BCUT2D eigenvalue weighted by Crippen LogP contribution is -2.43. The van der Waals surface area contributed by atoms with E-state index < -0.39 is 5.97 Å². The number of nitrogens with zero attached hydrogens (tertiary/aromatic N) is 2. The van der Waals surface area contributed by atoms with Crippen molar-refractivity contribution in [3.05, 3.63) is 22.9 Å². The van der Waals surface area contributed by atoms with E-state index in [0.29, 0.717) is 23.5 Å². The molecule has 114 valence electrons. The smallest absolute Gasteiger partial charge is 0.339 e. The highest BCUT2D eigenvalue weighted by Crippen LogP contribution is 2.29. The number of hydrogen-bond acceptors (Lipinski definition) is 4. The van der Waals surface area contributed by atoms with Crippen LogP contribution in [0.1, 0.15) is 47.3 Å². The molecule has 0 aromatic carbocycles. The van der Waals surface area contributed by atoms with Gasteiger partial charge in [0.2, 0.25) is 0 Å². The molecule has 2 fully saturated rings. The van der Waals surface area contributed by atoms with Gasteiger partial charge in [0, 0.05) is 24.3 Å². The first-order chi connectivity index (χ1) is 10.0. The van der Waals surface area contributed by atoms with Crippen LogP contribution in [0.3, 0.4) is 0 Å². The largest absolute Gasteiger partial charge is 0.478 e. The number of fused-ring (bicyclic) bond motifs is 1. The van der Waals surface area contributed by atoms with Crippen molar-refractivity contribution in [3.63, 3.8) is 0 Å². The predicted molar refractivity (Wildman–Crippen MR) is 81.9 cm³/mol. The molecule has 2 aliphatic rings. The van der Waals surface area contributed by atoms with Crippen LogP contribution in [0.2, 0.25) is 0 Å². The highest BCUT2D eigenvalue weighted by molar-refractivity contribution is 5.94. The maximum Gasteiger partial charge on any atom is 0.339 e. The van der Waals surface area contributed by atoms with Crippen molar-refractivity contribution in [1.82, 2.24) is 9.88 Å². The summed E-state index contributed by atoms with van der Waals surface area (Å²) in [4.78, 5) is 18.5. The van der Waals surface area contributed by atoms with Crippen molar-refractivity contribution in [1.29, 1.82) is 0 Å². The maximum absolute atomic E-state index is 11.5.